The van der Waals surface area contributed by atoms with Crippen molar-refractivity contribution in [2.75, 3.05) is 12.9 Å². The Labute approximate surface area is 195 Å². The van der Waals surface area contributed by atoms with Gasteiger partial charge in [0.15, 0.2) is 11.0 Å². The van der Waals surface area contributed by atoms with Crippen LogP contribution in [-0.4, -0.2) is 39.1 Å². The predicted molar refractivity (Wildman–Crippen MR) is 124 cm³/mol. The number of rotatable bonds is 8. The van der Waals surface area contributed by atoms with Gasteiger partial charge in [0.1, 0.15) is 11.3 Å². The van der Waals surface area contributed by atoms with Gasteiger partial charge in [0.25, 0.3) is 0 Å². The van der Waals surface area contributed by atoms with Crippen molar-refractivity contribution >= 4 is 29.3 Å². The normalized spacial score (nSPS) is 14.9. The fraction of sp³-hybridized carbons (Fsp3) is 0.304. The number of carbonyl (C=O) groups excluding carboxylic acids is 1. The average molecular weight is 468 g/mol. The minimum Gasteiger partial charge on any atom is -0.496 e. The van der Waals surface area contributed by atoms with Crippen molar-refractivity contribution in [1.82, 2.24) is 20.1 Å². The molecular formula is C23H22ClN5O2S. The highest BCUT2D eigenvalue weighted by atomic mass is 35.5. The monoisotopic (exact) mass is 467 g/mol. The number of hydrogen-bond acceptors (Lipinski definition) is 6. The number of ether oxygens (including phenoxy) is 1. The molecule has 2 aromatic carbocycles. The Morgan fingerprint density at radius 1 is 1.28 bits per heavy atom. The lowest BCUT2D eigenvalue weighted by atomic mass is 9.98. The van der Waals surface area contributed by atoms with Gasteiger partial charge in [-0.25, -0.2) is 0 Å². The van der Waals surface area contributed by atoms with Gasteiger partial charge in [-0.15, -0.1) is 10.2 Å². The van der Waals surface area contributed by atoms with Crippen LogP contribution in [-0.2, 0) is 4.79 Å². The number of carbonyl (C=O) groups is 1. The number of nitrogens with one attached hydrogen (secondary N) is 1. The molecule has 1 fully saturated rings. The van der Waals surface area contributed by atoms with E-state index >= 15 is 0 Å². The molecule has 32 heavy (non-hydrogen) atoms. The summed E-state index contributed by atoms with van der Waals surface area (Å²) in [4.78, 5) is 12.6. The van der Waals surface area contributed by atoms with Crippen LogP contribution in [0.4, 0.5) is 0 Å². The summed E-state index contributed by atoms with van der Waals surface area (Å²) in [6, 6.07) is 17.1. The van der Waals surface area contributed by atoms with Crippen LogP contribution < -0.4 is 10.1 Å². The second-order valence-electron chi connectivity index (χ2n) is 7.74. The first kappa shape index (κ1) is 22.2. The fourth-order valence-electron chi connectivity index (χ4n) is 3.53. The van der Waals surface area contributed by atoms with Gasteiger partial charge in [-0.05, 0) is 62.1 Å². The Bertz CT molecular complexity index is 1170. The van der Waals surface area contributed by atoms with Crippen LogP contribution in [0.2, 0.25) is 5.02 Å². The maximum absolute atomic E-state index is 12.6. The zero-order valence-electron chi connectivity index (χ0n) is 17.7. The van der Waals surface area contributed by atoms with Crippen molar-refractivity contribution in [3.05, 3.63) is 53.6 Å². The van der Waals surface area contributed by atoms with Crippen LogP contribution >= 0.6 is 23.4 Å². The molecule has 4 rings (SSSR count). The first-order valence-corrected chi connectivity index (χ1v) is 11.5. The van der Waals surface area contributed by atoms with Crippen molar-refractivity contribution in [3.63, 3.8) is 0 Å². The second-order valence-corrected chi connectivity index (χ2v) is 9.12. The van der Waals surface area contributed by atoms with Crippen LogP contribution in [0.25, 0.3) is 17.1 Å². The quantitative estimate of drug-likeness (QED) is 0.490. The van der Waals surface area contributed by atoms with E-state index in [1.165, 1.54) is 11.8 Å². The van der Waals surface area contributed by atoms with E-state index in [0.29, 0.717) is 21.8 Å². The van der Waals surface area contributed by atoms with Gasteiger partial charge < -0.3 is 10.1 Å². The third-order valence-corrected chi connectivity index (χ3v) is 6.60. The van der Waals surface area contributed by atoms with E-state index in [0.717, 1.165) is 24.1 Å². The highest BCUT2D eigenvalue weighted by molar-refractivity contribution is 7.99. The molecule has 164 valence electrons. The van der Waals surface area contributed by atoms with Gasteiger partial charge >= 0.3 is 0 Å². The Morgan fingerprint density at radius 2 is 2.00 bits per heavy atom. The lowest BCUT2D eigenvalue weighted by Gasteiger charge is -2.22. The number of nitrogens with zero attached hydrogens (tertiary/aromatic N) is 4. The van der Waals surface area contributed by atoms with Crippen molar-refractivity contribution in [3.8, 4) is 28.9 Å². The molecule has 0 saturated heterocycles. The summed E-state index contributed by atoms with van der Waals surface area (Å²) in [5, 5.41) is 22.3. The third-order valence-electron chi connectivity index (χ3n) is 5.42. The van der Waals surface area contributed by atoms with Crippen LogP contribution in [0, 0.1) is 17.2 Å². The molecule has 9 heteroatoms. The van der Waals surface area contributed by atoms with Gasteiger partial charge in [0.2, 0.25) is 5.91 Å². The summed E-state index contributed by atoms with van der Waals surface area (Å²) >= 11 is 7.34. The SMILES string of the molecule is COc1ccccc1-c1nnc(SCC(=O)N[C@](C)(C#N)C2CC2)n1-c1ccc(Cl)cc1. The molecule has 1 saturated carbocycles. The maximum Gasteiger partial charge on any atom is 0.231 e. The summed E-state index contributed by atoms with van der Waals surface area (Å²) in [5.41, 5.74) is 0.756. The number of halogens is 1. The minimum absolute atomic E-state index is 0.113. The van der Waals surface area contributed by atoms with E-state index < -0.39 is 5.54 Å². The Hall–Kier alpha value is -3.02. The second kappa shape index (κ2) is 9.23. The zero-order chi connectivity index (χ0) is 22.7. The number of para-hydroxylation sites is 1. The van der Waals surface area contributed by atoms with Crippen molar-refractivity contribution in [1.29, 1.82) is 5.26 Å². The number of hydrogen-bond donors (Lipinski definition) is 1. The van der Waals surface area contributed by atoms with Crippen LogP contribution in [0.5, 0.6) is 5.75 Å². The molecule has 1 aromatic heterocycles. The van der Waals surface area contributed by atoms with E-state index in [1.807, 2.05) is 41.0 Å². The number of aromatic nitrogens is 3. The smallest absolute Gasteiger partial charge is 0.231 e. The van der Waals surface area contributed by atoms with Crippen LogP contribution in [0.3, 0.4) is 0 Å². The molecule has 0 aliphatic heterocycles. The standard InChI is InChI=1S/C23H22ClN5O2S/c1-23(14-25,15-7-8-15)26-20(30)13-32-22-28-27-21(18-5-3-4-6-19(18)31-2)29(22)17-11-9-16(24)10-12-17/h3-6,9-12,15H,7-8,13H2,1-2H3,(H,26,30)/t23-/m1/s1. The highest BCUT2D eigenvalue weighted by Gasteiger charge is 2.43. The third kappa shape index (κ3) is 4.59. The minimum atomic E-state index is -0.829. The molecule has 1 aliphatic carbocycles. The maximum atomic E-state index is 12.6. The predicted octanol–water partition coefficient (Wildman–Crippen LogP) is 4.50. The molecule has 1 atom stereocenters. The molecular weight excluding hydrogens is 446 g/mol. The van der Waals surface area contributed by atoms with Gasteiger partial charge in [-0.2, -0.15) is 5.26 Å². The molecule has 0 spiro atoms. The van der Waals surface area contributed by atoms with E-state index in [9.17, 15) is 10.1 Å². The Kier molecular flexibility index (Phi) is 6.40. The van der Waals surface area contributed by atoms with E-state index in [4.69, 9.17) is 16.3 Å². The first-order valence-electron chi connectivity index (χ1n) is 10.1. The Balaban J connectivity index is 1.64. The van der Waals surface area contributed by atoms with Gasteiger partial charge in [0.05, 0.1) is 24.5 Å². The lowest BCUT2D eigenvalue weighted by Crippen LogP contribution is -2.47. The average Bonchev–Trinajstić information content (AvgIpc) is 3.59. The van der Waals surface area contributed by atoms with E-state index in [1.54, 1.807) is 26.2 Å². The summed E-state index contributed by atoms with van der Waals surface area (Å²) in [7, 11) is 1.61. The van der Waals surface area contributed by atoms with Crippen molar-refractivity contribution < 1.29 is 9.53 Å². The van der Waals surface area contributed by atoms with Crippen molar-refractivity contribution in [2.45, 2.75) is 30.5 Å². The molecule has 3 aromatic rings. The van der Waals surface area contributed by atoms with Crippen LogP contribution in [0.1, 0.15) is 19.8 Å². The molecule has 0 radical (unpaired) electrons. The summed E-state index contributed by atoms with van der Waals surface area (Å²) in [6.07, 6.45) is 1.93. The molecule has 1 heterocycles. The molecule has 1 N–H and O–H groups in total. The molecule has 1 amide bonds. The van der Waals surface area contributed by atoms with Crippen molar-refractivity contribution in [2.24, 2.45) is 5.92 Å². The highest BCUT2D eigenvalue weighted by Crippen LogP contribution is 2.39. The zero-order valence-corrected chi connectivity index (χ0v) is 19.3. The summed E-state index contributed by atoms with van der Waals surface area (Å²) in [5.74, 6) is 1.37. The molecule has 1 aliphatic rings. The molecule has 0 unspecified atom stereocenters. The summed E-state index contributed by atoms with van der Waals surface area (Å²) < 4.78 is 7.38. The molecule has 7 nitrogen and oxygen atoms in total. The topological polar surface area (TPSA) is 92.8 Å². The number of methoxy groups -OCH3 is 1. The fourth-order valence-corrected chi connectivity index (χ4v) is 4.41. The number of benzene rings is 2. The Morgan fingerprint density at radius 3 is 2.66 bits per heavy atom. The van der Waals surface area contributed by atoms with Crippen LogP contribution in [0.15, 0.2) is 53.7 Å². The number of nitriles is 1. The van der Waals surface area contributed by atoms with E-state index in [2.05, 4.69) is 21.6 Å². The molecule has 0 bridgehead atoms. The number of amides is 1. The largest absolute Gasteiger partial charge is 0.496 e. The van der Waals surface area contributed by atoms with Gasteiger partial charge in [-0.3, -0.25) is 9.36 Å². The number of thioether (sulfide) groups is 1. The van der Waals surface area contributed by atoms with Gasteiger partial charge in [-0.1, -0.05) is 35.5 Å². The van der Waals surface area contributed by atoms with Gasteiger partial charge in [0, 0.05) is 10.7 Å². The van der Waals surface area contributed by atoms with E-state index in [-0.39, 0.29) is 17.6 Å². The lowest BCUT2D eigenvalue weighted by molar-refractivity contribution is -0.119. The first-order chi connectivity index (χ1) is 15.4. The summed E-state index contributed by atoms with van der Waals surface area (Å²) in [6.45, 7) is 1.78.